The number of para-hydroxylation sites is 1. The first kappa shape index (κ1) is 24.0. The van der Waals surface area contributed by atoms with Gasteiger partial charge in [-0.3, -0.25) is 4.79 Å². The van der Waals surface area contributed by atoms with Crippen LogP contribution in [0.1, 0.15) is 15.9 Å². The summed E-state index contributed by atoms with van der Waals surface area (Å²) < 4.78 is 30.7. The number of carbonyl (C=O) groups is 1. The fourth-order valence-electron chi connectivity index (χ4n) is 3.26. The van der Waals surface area contributed by atoms with Gasteiger partial charge in [0.1, 0.15) is 29.7 Å². The quantitative estimate of drug-likeness (QED) is 0.309. The second-order valence-corrected chi connectivity index (χ2v) is 7.65. The molecule has 0 spiro atoms. The van der Waals surface area contributed by atoms with Crippen LogP contribution in [0.3, 0.4) is 0 Å². The maximum Gasteiger partial charge on any atom is 0.189 e. The van der Waals surface area contributed by atoms with Crippen LogP contribution in [0.25, 0.3) is 17.2 Å². The van der Waals surface area contributed by atoms with Gasteiger partial charge in [-0.05, 0) is 62.1 Å². The zero-order valence-corrected chi connectivity index (χ0v) is 19.3. The van der Waals surface area contributed by atoms with Crippen molar-refractivity contribution in [2.24, 2.45) is 0 Å². The summed E-state index contributed by atoms with van der Waals surface area (Å²) in [6.07, 6.45) is 2.81. The molecule has 0 bridgehead atoms. The molecule has 0 amide bonds. The summed E-state index contributed by atoms with van der Waals surface area (Å²) in [5.74, 6) is 0.830. The maximum absolute atomic E-state index is 14.3. The predicted octanol–water partition coefficient (Wildman–Crippen LogP) is 5.35. The molecule has 0 radical (unpaired) electrons. The molecule has 33 heavy (non-hydrogen) atoms. The van der Waals surface area contributed by atoms with Gasteiger partial charge in [-0.25, -0.2) is 4.39 Å². The fraction of sp³-hybridized carbons (Fsp3) is 0.222. The van der Waals surface area contributed by atoms with Crippen molar-refractivity contribution < 1.29 is 23.4 Å². The monoisotopic (exact) mass is 449 g/mol. The molecule has 0 N–H and O–H groups in total. The Morgan fingerprint density at radius 2 is 1.76 bits per heavy atom. The minimum absolute atomic E-state index is 0.290. The van der Waals surface area contributed by atoms with Crippen molar-refractivity contribution in [1.82, 2.24) is 4.90 Å². The molecule has 3 aromatic rings. The molecule has 6 heteroatoms. The van der Waals surface area contributed by atoms with E-state index in [0.717, 1.165) is 11.1 Å². The molecule has 0 fully saturated rings. The van der Waals surface area contributed by atoms with Crippen LogP contribution in [0.2, 0.25) is 0 Å². The van der Waals surface area contributed by atoms with Crippen LogP contribution in [-0.2, 0) is 0 Å². The first-order valence-electron chi connectivity index (χ1n) is 10.5. The van der Waals surface area contributed by atoms with Crippen LogP contribution < -0.4 is 14.2 Å². The van der Waals surface area contributed by atoms with E-state index in [2.05, 4.69) is 0 Å². The van der Waals surface area contributed by atoms with Crippen molar-refractivity contribution >= 4 is 11.9 Å². The van der Waals surface area contributed by atoms with Crippen molar-refractivity contribution in [3.8, 4) is 28.4 Å². The first-order chi connectivity index (χ1) is 15.9. The summed E-state index contributed by atoms with van der Waals surface area (Å²) in [7, 11) is 6.98. The zero-order valence-electron chi connectivity index (χ0n) is 19.3. The summed E-state index contributed by atoms with van der Waals surface area (Å²) in [5.41, 5.74) is 2.36. The minimum Gasteiger partial charge on any atom is -0.497 e. The summed E-state index contributed by atoms with van der Waals surface area (Å²) in [4.78, 5) is 15.1. The Morgan fingerprint density at radius 1 is 0.970 bits per heavy atom. The zero-order chi connectivity index (χ0) is 23.8. The van der Waals surface area contributed by atoms with Crippen molar-refractivity contribution in [3.63, 3.8) is 0 Å². The van der Waals surface area contributed by atoms with Crippen LogP contribution in [0.4, 0.5) is 4.39 Å². The van der Waals surface area contributed by atoms with E-state index in [9.17, 15) is 9.18 Å². The molecule has 0 heterocycles. The molecule has 5 nitrogen and oxygen atoms in total. The smallest absolute Gasteiger partial charge is 0.189 e. The van der Waals surface area contributed by atoms with E-state index in [1.165, 1.54) is 25.3 Å². The average Bonchev–Trinajstić information content (AvgIpc) is 2.82. The molecule has 0 saturated heterocycles. The number of hydrogen-bond acceptors (Lipinski definition) is 5. The molecule has 0 saturated carbocycles. The minimum atomic E-state index is -0.469. The molecule has 0 aliphatic carbocycles. The van der Waals surface area contributed by atoms with Crippen molar-refractivity contribution in [1.29, 1.82) is 0 Å². The lowest BCUT2D eigenvalue weighted by atomic mass is 9.99. The molecular weight excluding hydrogens is 421 g/mol. The predicted molar refractivity (Wildman–Crippen MR) is 129 cm³/mol. The molecule has 0 aliphatic rings. The Balaban J connectivity index is 1.96. The largest absolute Gasteiger partial charge is 0.497 e. The molecular formula is C27H28FNO4. The van der Waals surface area contributed by atoms with Gasteiger partial charge < -0.3 is 19.1 Å². The normalized spacial score (nSPS) is 11.1. The number of rotatable bonds is 10. The maximum atomic E-state index is 14.3. The Kier molecular flexibility index (Phi) is 8.22. The fourth-order valence-corrected chi connectivity index (χ4v) is 3.26. The van der Waals surface area contributed by atoms with Crippen molar-refractivity contribution in [3.05, 3.63) is 83.7 Å². The lowest BCUT2D eigenvalue weighted by molar-refractivity contribution is 0.104. The molecule has 3 rings (SSSR count). The highest BCUT2D eigenvalue weighted by atomic mass is 19.1. The lowest BCUT2D eigenvalue weighted by Gasteiger charge is -2.15. The Labute approximate surface area is 194 Å². The number of ether oxygens (including phenoxy) is 3. The number of allylic oxidation sites excluding steroid dienone is 1. The van der Waals surface area contributed by atoms with Gasteiger partial charge in [-0.1, -0.05) is 24.3 Å². The number of halogens is 1. The van der Waals surface area contributed by atoms with Crippen molar-refractivity contribution in [2.45, 2.75) is 0 Å². The van der Waals surface area contributed by atoms with E-state index in [1.54, 1.807) is 31.4 Å². The van der Waals surface area contributed by atoms with Gasteiger partial charge in [0.25, 0.3) is 0 Å². The Bertz CT molecular complexity index is 1140. The number of hydrogen-bond donors (Lipinski definition) is 0. The molecule has 0 aromatic heterocycles. The second kappa shape index (κ2) is 11.3. The standard InChI is InChI=1S/C27H28FNO4/c1-29(2)15-16-33-27-14-11-20(22-7-5-6-8-26(22)32-4)17-23(27)25(30)13-10-19-9-12-21(31-3)18-24(19)28/h5-14,17-18H,15-16H2,1-4H3/b13-10+. The molecule has 0 aliphatic heterocycles. The molecule has 172 valence electrons. The number of likely N-dealkylation sites (N-methyl/N-ethyl adjacent to an activating group) is 1. The van der Waals surface area contributed by atoms with Gasteiger partial charge in [0.2, 0.25) is 0 Å². The van der Waals surface area contributed by atoms with Gasteiger partial charge in [0.15, 0.2) is 5.78 Å². The van der Waals surface area contributed by atoms with Crippen molar-refractivity contribution in [2.75, 3.05) is 41.5 Å². The van der Waals surface area contributed by atoms with Gasteiger partial charge in [-0.15, -0.1) is 0 Å². The van der Waals surface area contributed by atoms with E-state index in [1.807, 2.05) is 49.3 Å². The van der Waals surface area contributed by atoms with Gasteiger partial charge in [0, 0.05) is 23.7 Å². The van der Waals surface area contributed by atoms with E-state index in [0.29, 0.717) is 41.5 Å². The summed E-state index contributed by atoms with van der Waals surface area (Å²) in [6.45, 7) is 1.13. The van der Waals surface area contributed by atoms with E-state index >= 15 is 0 Å². The molecule has 3 aromatic carbocycles. The summed E-state index contributed by atoms with van der Waals surface area (Å²) in [5, 5.41) is 0. The number of nitrogens with zero attached hydrogens (tertiary/aromatic N) is 1. The highest BCUT2D eigenvalue weighted by molar-refractivity contribution is 6.09. The van der Waals surface area contributed by atoms with E-state index < -0.39 is 5.82 Å². The third-order valence-electron chi connectivity index (χ3n) is 5.08. The van der Waals surface area contributed by atoms with Crippen LogP contribution in [-0.4, -0.2) is 52.1 Å². The topological polar surface area (TPSA) is 48.0 Å². The molecule has 0 unspecified atom stereocenters. The first-order valence-corrected chi connectivity index (χ1v) is 10.5. The Morgan fingerprint density at radius 3 is 2.45 bits per heavy atom. The number of ketones is 1. The van der Waals surface area contributed by atoms with Crippen LogP contribution >= 0.6 is 0 Å². The van der Waals surface area contributed by atoms with Crippen LogP contribution in [0.5, 0.6) is 17.2 Å². The van der Waals surface area contributed by atoms with Gasteiger partial charge in [-0.2, -0.15) is 0 Å². The highest BCUT2D eigenvalue weighted by Crippen LogP contribution is 2.33. The second-order valence-electron chi connectivity index (χ2n) is 7.65. The number of carbonyl (C=O) groups excluding carboxylic acids is 1. The van der Waals surface area contributed by atoms with Crippen LogP contribution in [0.15, 0.2) is 66.7 Å². The van der Waals surface area contributed by atoms with Crippen LogP contribution in [0, 0.1) is 5.82 Å². The SMILES string of the molecule is COc1ccc(/C=C/C(=O)c2cc(-c3ccccc3OC)ccc2OCCN(C)C)c(F)c1. The third-order valence-corrected chi connectivity index (χ3v) is 5.08. The average molecular weight is 450 g/mol. The molecule has 0 atom stereocenters. The summed E-state index contributed by atoms with van der Waals surface area (Å²) >= 11 is 0. The number of benzene rings is 3. The third kappa shape index (κ3) is 6.20. The van der Waals surface area contributed by atoms with Gasteiger partial charge in [0.05, 0.1) is 19.8 Å². The lowest BCUT2D eigenvalue weighted by Crippen LogP contribution is -2.20. The number of methoxy groups -OCH3 is 2. The highest BCUT2D eigenvalue weighted by Gasteiger charge is 2.15. The summed E-state index contributed by atoms with van der Waals surface area (Å²) in [6, 6.07) is 17.5. The Hall–Kier alpha value is -3.64. The van der Waals surface area contributed by atoms with E-state index in [-0.39, 0.29) is 5.78 Å². The van der Waals surface area contributed by atoms with E-state index in [4.69, 9.17) is 14.2 Å². The van der Waals surface area contributed by atoms with Gasteiger partial charge >= 0.3 is 0 Å².